The van der Waals surface area contributed by atoms with Crippen LogP contribution in [0.5, 0.6) is 5.75 Å². The highest BCUT2D eigenvalue weighted by molar-refractivity contribution is 5.90. The lowest BCUT2D eigenvalue weighted by Crippen LogP contribution is -2.37. The summed E-state index contributed by atoms with van der Waals surface area (Å²) in [5, 5.41) is 5.59. The van der Waals surface area contributed by atoms with Gasteiger partial charge in [-0.05, 0) is 41.8 Å². The highest BCUT2D eigenvalue weighted by Crippen LogP contribution is 2.25. The molecule has 0 bridgehead atoms. The van der Waals surface area contributed by atoms with Gasteiger partial charge in [0.1, 0.15) is 18.4 Å². The van der Waals surface area contributed by atoms with Crippen molar-refractivity contribution in [1.29, 1.82) is 0 Å². The molecule has 0 unspecified atom stereocenters. The van der Waals surface area contributed by atoms with Gasteiger partial charge in [-0.3, -0.25) is 4.79 Å². The number of nitrogens with one attached hydrogen (secondary N) is 2. The van der Waals surface area contributed by atoms with Crippen LogP contribution in [0.15, 0.2) is 48.5 Å². The highest BCUT2D eigenvalue weighted by atomic mass is 16.5. The normalized spacial score (nSPS) is 11.4. The van der Waals surface area contributed by atoms with E-state index in [1.165, 1.54) is 7.11 Å². The monoisotopic (exact) mass is 371 g/mol. The first-order valence-electron chi connectivity index (χ1n) is 8.75. The fourth-order valence-electron chi connectivity index (χ4n) is 2.34. The van der Waals surface area contributed by atoms with Gasteiger partial charge in [-0.1, -0.05) is 31.2 Å². The molecule has 0 spiro atoms. The average Bonchev–Trinajstić information content (AvgIpc) is 2.70. The molecule has 144 valence electrons. The molecule has 0 aliphatic heterocycles. The molecular formula is C20H25N3O4. The van der Waals surface area contributed by atoms with E-state index in [1.807, 2.05) is 43.3 Å². The van der Waals surface area contributed by atoms with E-state index in [2.05, 4.69) is 15.4 Å². The number of carbonyl (C=O) groups is 2. The van der Waals surface area contributed by atoms with Crippen LogP contribution in [0.25, 0.3) is 11.1 Å². The third-order valence-electron chi connectivity index (χ3n) is 3.78. The van der Waals surface area contributed by atoms with Crippen LogP contribution < -0.4 is 21.1 Å². The summed E-state index contributed by atoms with van der Waals surface area (Å²) < 4.78 is 10.1. The van der Waals surface area contributed by atoms with Crippen LogP contribution in [-0.2, 0) is 9.53 Å². The van der Waals surface area contributed by atoms with Crippen molar-refractivity contribution in [2.75, 3.05) is 25.6 Å². The van der Waals surface area contributed by atoms with E-state index in [4.69, 9.17) is 10.5 Å². The second-order valence-electron chi connectivity index (χ2n) is 5.93. The van der Waals surface area contributed by atoms with Crippen molar-refractivity contribution in [1.82, 2.24) is 5.32 Å². The minimum atomic E-state index is -0.823. The van der Waals surface area contributed by atoms with E-state index in [9.17, 15) is 9.59 Å². The lowest BCUT2D eigenvalue weighted by Gasteiger charge is -2.12. The number of carbonyl (C=O) groups excluding carboxylic acids is 2. The van der Waals surface area contributed by atoms with Crippen LogP contribution in [0.3, 0.4) is 0 Å². The maximum atomic E-state index is 11.8. The molecule has 0 fully saturated rings. The summed E-state index contributed by atoms with van der Waals surface area (Å²) in [5.74, 6) is 0.0882. The molecule has 0 heterocycles. The lowest BCUT2D eigenvalue weighted by atomic mass is 10.1. The summed E-state index contributed by atoms with van der Waals surface area (Å²) >= 11 is 0. The fourth-order valence-corrected chi connectivity index (χ4v) is 2.34. The Bertz CT molecular complexity index is 762. The number of esters is 1. The van der Waals surface area contributed by atoms with Gasteiger partial charge in [-0.15, -0.1) is 0 Å². The second kappa shape index (κ2) is 10.2. The van der Waals surface area contributed by atoms with Crippen molar-refractivity contribution in [3.8, 4) is 16.9 Å². The fraction of sp³-hybridized carbons (Fsp3) is 0.300. The maximum absolute atomic E-state index is 11.8. The molecule has 2 amide bonds. The van der Waals surface area contributed by atoms with E-state index in [0.29, 0.717) is 18.0 Å². The molecule has 1 atom stereocenters. The van der Waals surface area contributed by atoms with Crippen molar-refractivity contribution < 1.29 is 19.1 Å². The summed E-state index contributed by atoms with van der Waals surface area (Å²) in [5.41, 5.74) is 8.29. The van der Waals surface area contributed by atoms with E-state index < -0.39 is 12.0 Å². The zero-order valence-electron chi connectivity index (χ0n) is 15.5. The Morgan fingerprint density at radius 1 is 1.11 bits per heavy atom. The third-order valence-corrected chi connectivity index (χ3v) is 3.78. The van der Waals surface area contributed by atoms with E-state index in [-0.39, 0.29) is 12.6 Å². The second-order valence-corrected chi connectivity index (χ2v) is 5.93. The Kier molecular flexibility index (Phi) is 7.63. The quantitative estimate of drug-likeness (QED) is 0.619. The summed E-state index contributed by atoms with van der Waals surface area (Å²) in [4.78, 5) is 23.1. The Hall–Kier alpha value is -3.06. The number of hydrogen-bond donors (Lipinski definition) is 3. The third kappa shape index (κ3) is 6.31. The standard InChI is InChI=1S/C20H25N3O4/c1-3-11-22-20(25)23-16-6-4-5-15(12-16)14-7-9-17(10-8-14)27-13-18(21)19(24)26-2/h4-10,12,18H,3,11,13,21H2,1-2H3,(H2,22,23,25)/t18-/m0/s1. The average molecular weight is 371 g/mol. The van der Waals surface area contributed by atoms with Gasteiger partial charge in [-0.25, -0.2) is 4.79 Å². The Morgan fingerprint density at radius 2 is 1.85 bits per heavy atom. The first-order chi connectivity index (χ1) is 13.0. The van der Waals surface area contributed by atoms with Crippen LogP contribution in [0.2, 0.25) is 0 Å². The van der Waals surface area contributed by atoms with Crippen molar-refractivity contribution in [3.05, 3.63) is 48.5 Å². The minimum absolute atomic E-state index is 0.0400. The van der Waals surface area contributed by atoms with Crippen molar-refractivity contribution >= 4 is 17.7 Å². The number of methoxy groups -OCH3 is 1. The van der Waals surface area contributed by atoms with Gasteiger partial charge in [0, 0.05) is 12.2 Å². The largest absolute Gasteiger partial charge is 0.491 e. The van der Waals surface area contributed by atoms with Crippen molar-refractivity contribution in [3.63, 3.8) is 0 Å². The topological polar surface area (TPSA) is 103 Å². The molecule has 4 N–H and O–H groups in total. The molecule has 7 nitrogen and oxygen atoms in total. The molecule has 0 aromatic heterocycles. The lowest BCUT2D eigenvalue weighted by molar-refractivity contribution is -0.142. The Labute approximate surface area is 158 Å². The molecule has 7 heteroatoms. The summed E-state index contributed by atoms with van der Waals surface area (Å²) in [7, 11) is 1.29. The van der Waals surface area contributed by atoms with Gasteiger partial charge < -0.3 is 25.8 Å². The minimum Gasteiger partial charge on any atom is -0.491 e. The van der Waals surface area contributed by atoms with Gasteiger partial charge in [0.15, 0.2) is 0 Å². The molecule has 0 saturated heterocycles. The molecule has 27 heavy (non-hydrogen) atoms. The predicted molar refractivity (Wildman–Crippen MR) is 105 cm³/mol. The number of anilines is 1. The van der Waals surface area contributed by atoms with E-state index >= 15 is 0 Å². The van der Waals surface area contributed by atoms with Crippen LogP contribution in [-0.4, -0.2) is 38.3 Å². The molecule has 0 aliphatic carbocycles. The first-order valence-corrected chi connectivity index (χ1v) is 8.75. The van der Waals surface area contributed by atoms with Gasteiger partial charge >= 0.3 is 12.0 Å². The molecule has 2 aromatic carbocycles. The van der Waals surface area contributed by atoms with E-state index in [1.54, 1.807) is 12.1 Å². The van der Waals surface area contributed by atoms with Crippen LogP contribution in [0, 0.1) is 0 Å². The van der Waals surface area contributed by atoms with E-state index in [0.717, 1.165) is 17.5 Å². The Morgan fingerprint density at radius 3 is 2.52 bits per heavy atom. The number of rotatable bonds is 8. The molecule has 0 aliphatic rings. The molecule has 2 rings (SSSR count). The van der Waals surface area contributed by atoms with Crippen LogP contribution in [0.1, 0.15) is 13.3 Å². The van der Waals surface area contributed by atoms with Crippen molar-refractivity contribution in [2.24, 2.45) is 5.73 Å². The first kappa shape index (κ1) is 20.3. The number of ether oxygens (including phenoxy) is 2. The van der Waals surface area contributed by atoms with Gasteiger partial charge in [0.25, 0.3) is 0 Å². The number of hydrogen-bond acceptors (Lipinski definition) is 5. The summed E-state index contributed by atoms with van der Waals surface area (Å²) in [6, 6.07) is 13.9. The molecule has 0 saturated carbocycles. The summed E-state index contributed by atoms with van der Waals surface area (Å²) in [6.45, 7) is 2.67. The number of urea groups is 1. The summed E-state index contributed by atoms with van der Waals surface area (Å²) in [6.07, 6.45) is 0.881. The predicted octanol–water partition coefficient (Wildman–Crippen LogP) is 2.76. The van der Waals surface area contributed by atoms with Crippen LogP contribution in [0.4, 0.5) is 10.5 Å². The molecule has 0 radical (unpaired) electrons. The van der Waals surface area contributed by atoms with Crippen LogP contribution >= 0.6 is 0 Å². The van der Waals surface area contributed by atoms with Gasteiger partial charge in [0.05, 0.1) is 7.11 Å². The van der Waals surface area contributed by atoms with Gasteiger partial charge in [-0.2, -0.15) is 0 Å². The van der Waals surface area contributed by atoms with Gasteiger partial charge in [0.2, 0.25) is 0 Å². The zero-order chi connectivity index (χ0) is 19.6. The SMILES string of the molecule is CCCNC(=O)Nc1cccc(-c2ccc(OC[C@H](N)C(=O)OC)cc2)c1. The molecule has 2 aromatic rings. The molecular weight excluding hydrogens is 346 g/mol. The number of benzene rings is 2. The number of nitrogens with two attached hydrogens (primary N) is 1. The number of amides is 2. The zero-order valence-corrected chi connectivity index (χ0v) is 15.5. The highest BCUT2D eigenvalue weighted by Gasteiger charge is 2.14. The smallest absolute Gasteiger partial charge is 0.326 e. The van der Waals surface area contributed by atoms with Crippen molar-refractivity contribution in [2.45, 2.75) is 19.4 Å². The Balaban J connectivity index is 1.99. The maximum Gasteiger partial charge on any atom is 0.326 e.